The van der Waals surface area contributed by atoms with E-state index in [-0.39, 0.29) is 12.5 Å². The van der Waals surface area contributed by atoms with Crippen LogP contribution in [0.4, 0.5) is 0 Å². The summed E-state index contributed by atoms with van der Waals surface area (Å²) < 4.78 is 6.91. The number of carbonyl (C=O) groups excluding carboxylic acids is 1. The molecule has 0 fully saturated rings. The van der Waals surface area contributed by atoms with Crippen molar-refractivity contribution in [2.75, 3.05) is 26.4 Å². The number of aliphatic hydroxyl groups is 1. The van der Waals surface area contributed by atoms with E-state index in [0.717, 1.165) is 5.65 Å². The van der Waals surface area contributed by atoms with Crippen molar-refractivity contribution in [2.24, 2.45) is 0 Å². The van der Waals surface area contributed by atoms with Crippen LogP contribution in [0.2, 0.25) is 5.15 Å². The zero-order chi connectivity index (χ0) is 15.8. The second-order valence-electron chi connectivity index (χ2n) is 4.53. The SMILES string of the molecule is O=C(/C=C/c1c(Cl)nc2ccccn12)NCCCOCCO. The Balaban J connectivity index is 1.85. The maximum atomic E-state index is 11.7. The fourth-order valence-corrected chi connectivity index (χ4v) is 2.14. The van der Waals surface area contributed by atoms with Gasteiger partial charge in [0.2, 0.25) is 5.91 Å². The largest absolute Gasteiger partial charge is 0.394 e. The molecule has 0 aliphatic rings. The zero-order valence-electron chi connectivity index (χ0n) is 12.0. The molecule has 0 atom stereocenters. The number of ether oxygens (including phenoxy) is 1. The van der Waals surface area contributed by atoms with Gasteiger partial charge in [0.1, 0.15) is 5.65 Å². The van der Waals surface area contributed by atoms with Crippen molar-refractivity contribution in [2.45, 2.75) is 6.42 Å². The molecule has 0 bridgehead atoms. The lowest BCUT2D eigenvalue weighted by Crippen LogP contribution is -2.23. The van der Waals surface area contributed by atoms with Crippen molar-refractivity contribution >= 4 is 29.2 Å². The number of aliphatic hydroxyl groups excluding tert-OH is 1. The minimum atomic E-state index is -0.205. The summed E-state index contributed by atoms with van der Waals surface area (Å²) in [5, 5.41) is 11.7. The van der Waals surface area contributed by atoms with Gasteiger partial charge in [0.15, 0.2) is 5.15 Å². The van der Waals surface area contributed by atoms with Gasteiger partial charge in [0, 0.05) is 25.4 Å². The molecule has 1 amide bonds. The third-order valence-electron chi connectivity index (χ3n) is 2.91. The first-order chi connectivity index (χ1) is 10.7. The van der Waals surface area contributed by atoms with E-state index in [4.69, 9.17) is 21.4 Å². The molecule has 0 radical (unpaired) electrons. The summed E-state index contributed by atoms with van der Waals surface area (Å²) in [6, 6.07) is 5.59. The van der Waals surface area contributed by atoms with E-state index in [0.29, 0.717) is 37.0 Å². The van der Waals surface area contributed by atoms with E-state index in [2.05, 4.69) is 10.3 Å². The Hall–Kier alpha value is -1.89. The number of aromatic nitrogens is 2. The number of rotatable bonds is 8. The molecule has 2 aromatic heterocycles. The van der Waals surface area contributed by atoms with E-state index < -0.39 is 0 Å². The van der Waals surface area contributed by atoms with Crippen LogP contribution in [0.3, 0.4) is 0 Å². The summed E-state index contributed by atoms with van der Waals surface area (Å²) in [7, 11) is 0. The molecule has 0 aliphatic heterocycles. The van der Waals surface area contributed by atoms with Crippen molar-refractivity contribution in [3.05, 3.63) is 41.3 Å². The highest BCUT2D eigenvalue weighted by molar-refractivity contribution is 6.31. The lowest BCUT2D eigenvalue weighted by Gasteiger charge is -2.03. The Morgan fingerprint density at radius 1 is 1.45 bits per heavy atom. The number of amides is 1. The minimum Gasteiger partial charge on any atom is -0.394 e. The smallest absolute Gasteiger partial charge is 0.244 e. The fraction of sp³-hybridized carbons (Fsp3) is 0.333. The molecule has 2 aromatic rings. The molecule has 2 rings (SSSR count). The lowest BCUT2D eigenvalue weighted by molar-refractivity contribution is -0.116. The molecular formula is C15H18ClN3O3. The highest BCUT2D eigenvalue weighted by Crippen LogP contribution is 2.18. The van der Waals surface area contributed by atoms with Crippen molar-refractivity contribution < 1.29 is 14.6 Å². The summed E-state index contributed by atoms with van der Waals surface area (Å²) in [5.74, 6) is -0.205. The molecule has 0 unspecified atom stereocenters. The van der Waals surface area contributed by atoms with Crippen LogP contribution in [0, 0.1) is 0 Å². The standard InChI is InChI=1S/C15H18ClN3O3/c16-15-12(19-8-2-1-4-13(19)18-15)5-6-14(21)17-7-3-10-22-11-9-20/h1-2,4-6,8,20H,3,7,9-11H2,(H,17,21)/b6-5+. The summed E-state index contributed by atoms with van der Waals surface area (Å²) in [6.07, 6.45) is 5.59. The van der Waals surface area contributed by atoms with Crippen LogP contribution < -0.4 is 5.32 Å². The average molecular weight is 324 g/mol. The Bertz CT molecular complexity index is 655. The number of fused-ring (bicyclic) bond motifs is 1. The minimum absolute atomic E-state index is 0.00909. The second-order valence-corrected chi connectivity index (χ2v) is 4.89. The van der Waals surface area contributed by atoms with Crippen molar-refractivity contribution in [1.29, 1.82) is 0 Å². The first kappa shape index (κ1) is 16.5. The molecule has 0 saturated heterocycles. The Kier molecular flexibility index (Phi) is 6.39. The van der Waals surface area contributed by atoms with Gasteiger partial charge in [-0.05, 0) is 24.6 Å². The van der Waals surface area contributed by atoms with Crippen LogP contribution in [0.5, 0.6) is 0 Å². The van der Waals surface area contributed by atoms with E-state index in [1.807, 2.05) is 28.8 Å². The Labute approximate surface area is 133 Å². The maximum absolute atomic E-state index is 11.7. The lowest BCUT2D eigenvalue weighted by atomic mass is 10.3. The van der Waals surface area contributed by atoms with Gasteiger partial charge < -0.3 is 15.2 Å². The first-order valence-electron chi connectivity index (χ1n) is 6.99. The summed E-state index contributed by atoms with van der Waals surface area (Å²) >= 11 is 6.07. The van der Waals surface area contributed by atoms with Crippen LogP contribution >= 0.6 is 11.6 Å². The van der Waals surface area contributed by atoms with E-state index in [9.17, 15) is 4.79 Å². The number of hydrogen-bond acceptors (Lipinski definition) is 4. The van der Waals surface area contributed by atoms with Gasteiger partial charge in [0.25, 0.3) is 0 Å². The molecule has 22 heavy (non-hydrogen) atoms. The van der Waals surface area contributed by atoms with Crippen molar-refractivity contribution in [3.63, 3.8) is 0 Å². The predicted molar refractivity (Wildman–Crippen MR) is 84.8 cm³/mol. The number of halogens is 1. The normalized spacial score (nSPS) is 11.4. The number of nitrogens with zero attached hydrogens (tertiary/aromatic N) is 2. The topological polar surface area (TPSA) is 75.9 Å². The quantitative estimate of drug-likeness (QED) is 0.570. The first-order valence-corrected chi connectivity index (χ1v) is 7.37. The number of carbonyl (C=O) groups is 1. The molecule has 2 N–H and O–H groups in total. The van der Waals surface area contributed by atoms with E-state index in [1.165, 1.54) is 6.08 Å². The van der Waals surface area contributed by atoms with Gasteiger partial charge in [0.05, 0.1) is 18.9 Å². The van der Waals surface area contributed by atoms with E-state index >= 15 is 0 Å². The van der Waals surface area contributed by atoms with E-state index in [1.54, 1.807) is 6.08 Å². The van der Waals surface area contributed by atoms with Gasteiger partial charge in [-0.25, -0.2) is 4.98 Å². The molecule has 118 valence electrons. The van der Waals surface area contributed by atoms with Gasteiger partial charge in [-0.3, -0.25) is 9.20 Å². The average Bonchev–Trinajstić information content (AvgIpc) is 2.84. The number of nitrogens with one attached hydrogen (secondary N) is 1. The van der Waals surface area contributed by atoms with Crippen LogP contribution in [0.15, 0.2) is 30.5 Å². The summed E-state index contributed by atoms with van der Waals surface area (Å²) in [4.78, 5) is 15.9. The Morgan fingerprint density at radius 3 is 3.14 bits per heavy atom. The van der Waals surface area contributed by atoms with Gasteiger partial charge in [-0.1, -0.05) is 17.7 Å². The maximum Gasteiger partial charge on any atom is 0.244 e. The molecule has 0 aromatic carbocycles. The number of imidazole rings is 1. The van der Waals surface area contributed by atoms with Crippen molar-refractivity contribution in [1.82, 2.24) is 14.7 Å². The fourth-order valence-electron chi connectivity index (χ4n) is 1.90. The summed E-state index contributed by atoms with van der Waals surface area (Å²) in [6.45, 7) is 1.34. The third kappa shape index (κ3) is 4.56. The van der Waals surface area contributed by atoms with Crippen molar-refractivity contribution in [3.8, 4) is 0 Å². The molecule has 6 nitrogen and oxygen atoms in total. The summed E-state index contributed by atoms with van der Waals surface area (Å²) in [5.41, 5.74) is 1.40. The van der Waals surface area contributed by atoms with Gasteiger partial charge >= 0.3 is 0 Å². The number of pyridine rings is 1. The third-order valence-corrected chi connectivity index (χ3v) is 3.19. The molecule has 0 saturated carbocycles. The highest BCUT2D eigenvalue weighted by atomic mass is 35.5. The van der Waals surface area contributed by atoms with Gasteiger partial charge in [-0.2, -0.15) is 0 Å². The van der Waals surface area contributed by atoms with Gasteiger partial charge in [-0.15, -0.1) is 0 Å². The zero-order valence-corrected chi connectivity index (χ0v) is 12.8. The van der Waals surface area contributed by atoms with Crippen LogP contribution in [-0.4, -0.2) is 46.8 Å². The molecule has 7 heteroatoms. The predicted octanol–water partition coefficient (Wildman–Crippen LogP) is 1.52. The second kappa shape index (κ2) is 8.53. The van der Waals surface area contributed by atoms with Crippen LogP contribution in [0.25, 0.3) is 11.7 Å². The monoisotopic (exact) mass is 323 g/mol. The van der Waals surface area contributed by atoms with Crippen LogP contribution in [0.1, 0.15) is 12.1 Å². The number of hydrogen-bond donors (Lipinski definition) is 2. The molecular weight excluding hydrogens is 306 g/mol. The Morgan fingerprint density at radius 2 is 2.32 bits per heavy atom. The molecule has 0 spiro atoms. The molecule has 2 heterocycles. The molecule has 0 aliphatic carbocycles. The highest BCUT2D eigenvalue weighted by Gasteiger charge is 2.06. The van der Waals surface area contributed by atoms with Crippen LogP contribution in [-0.2, 0) is 9.53 Å².